The van der Waals surface area contributed by atoms with E-state index in [1.807, 2.05) is 12.1 Å². The van der Waals surface area contributed by atoms with Gasteiger partial charge < -0.3 is 9.84 Å². The topological polar surface area (TPSA) is 29.5 Å². The fraction of sp³-hybridized carbons (Fsp3) is 0.579. The lowest BCUT2D eigenvalue weighted by molar-refractivity contribution is 0.189. The van der Waals surface area contributed by atoms with Gasteiger partial charge in [0.15, 0.2) is 0 Å². The van der Waals surface area contributed by atoms with Crippen molar-refractivity contribution in [2.75, 3.05) is 6.61 Å². The minimum atomic E-state index is 0.140. The summed E-state index contributed by atoms with van der Waals surface area (Å²) in [6.45, 7) is 16.8. The lowest BCUT2D eigenvalue weighted by Crippen LogP contribution is -2.30. The average molecular weight is 797 g/mol. The van der Waals surface area contributed by atoms with E-state index in [4.69, 9.17) is 4.74 Å². The van der Waals surface area contributed by atoms with Crippen LogP contribution >= 0.6 is 0 Å². The number of hydrogen-bond acceptors (Lipinski definition) is 2. The summed E-state index contributed by atoms with van der Waals surface area (Å²) in [5, 5.41) is 9.65. The van der Waals surface area contributed by atoms with Crippen molar-refractivity contribution < 1.29 is 9.84 Å². The Morgan fingerprint density at radius 1 is 0.576 bits per heavy atom. The molecule has 0 aromatic heterocycles. The van der Waals surface area contributed by atoms with Crippen LogP contribution in [-0.4, -0.2) is 11.7 Å². The van der Waals surface area contributed by atoms with E-state index < -0.39 is 0 Å². The van der Waals surface area contributed by atoms with E-state index in [2.05, 4.69) is 133 Å². The summed E-state index contributed by atoms with van der Waals surface area (Å²) in [5.74, 6) is 6.48. The highest BCUT2D eigenvalue weighted by Gasteiger charge is 2.37. The van der Waals surface area contributed by atoms with Crippen LogP contribution in [0.3, 0.4) is 0 Å². The molecule has 59 heavy (non-hydrogen) atoms. The predicted molar refractivity (Wildman–Crippen MR) is 252 cm³/mol. The molecule has 4 aromatic carbocycles. The molecule has 4 aliphatic rings. The first-order valence-electron chi connectivity index (χ1n) is 24.2. The first-order chi connectivity index (χ1) is 28.5. The highest BCUT2D eigenvalue weighted by atomic mass is 16.5. The van der Waals surface area contributed by atoms with Crippen LogP contribution in [0.2, 0.25) is 0 Å². The van der Waals surface area contributed by atoms with Crippen LogP contribution in [0.15, 0.2) is 97.1 Å². The molecule has 0 amide bonds. The highest BCUT2D eigenvalue weighted by molar-refractivity contribution is 5.44. The summed E-state index contributed by atoms with van der Waals surface area (Å²) in [7, 11) is 0. The largest absolute Gasteiger partial charge is 0.508 e. The molecule has 2 atom stereocenters. The van der Waals surface area contributed by atoms with E-state index >= 15 is 0 Å². The van der Waals surface area contributed by atoms with Gasteiger partial charge >= 0.3 is 0 Å². The Bertz CT molecular complexity index is 1780. The Hall–Kier alpha value is -3.52. The van der Waals surface area contributed by atoms with Crippen LogP contribution in [0.4, 0.5) is 0 Å². The molecule has 2 unspecified atom stereocenters. The second-order valence-electron chi connectivity index (χ2n) is 20.1. The molecule has 0 heterocycles. The Morgan fingerprint density at radius 2 is 1.03 bits per heavy atom. The van der Waals surface area contributed by atoms with Gasteiger partial charge in [-0.15, -0.1) is 0 Å². The van der Waals surface area contributed by atoms with Crippen LogP contribution in [0.1, 0.15) is 178 Å². The lowest BCUT2D eigenvalue weighted by Gasteiger charge is -2.39. The second-order valence-corrected chi connectivity index (χ2v) is 20.1. The van der Waals surface area contributed by atoms with Gasteiger partial charge in [-0.05, 0) is 146 Å². The molecular formula is C57H80O2. The van der Waals surface area contributed by atoms with E-state index in [1.54, 1.807) is 0 Å². The quantitative estimate of drug-likeness (QED) is 0.138. The molecule has 2 nitrogen and oxygen atoms in total. The first kappa shape index (κ1) is 45.0. The minimum absolute atomic E-state index is 0.140. The van der Waals surface area contributed by atoms with Crippen molar-refractivity contribution in [2.24, 2.45) is 35.5 Å². The smallest absolute Gasteiger partial charge is 0.119 e. The van der Waals surface area contributed by atoms with Crippen molar-refractivity contribution in [2.45, 2.75) is 168 Å². The summed E-state index contributed by atoms with van der Waals surface area (Å²) in [5.41, 5.74) is 8.93. The number of phenols is 1. The average Bonchev–Trinajstić information content (AvgIpc) is 4.21. The maximum atomic E-state index is 9.65. The van der Waals surface area contributed by atoms with Gasteiger partial charge in [0.2, 0.25) is 0 Å². The molecule has 4 aliphatic carbocycles. The van der Waals surface area contributed by atoms with Crippen molar-refractivity contribution in [3.63, 3.8) is 0 Å². The van der Waals surface area contributed by atoms with Gasteiger partial charge in [-0.2, -0.15) is 0 Å². The molecule has 4 saturated carbocycles. The lowest BCUT2D eigenvalue weighted by atomic mass is 9.65. The van der Waals surface area contributed by atoms with Crippen molar-refractivity contribution in [1.29, 1.82) is 0 Å². The van der Waals surface area contributed by atoms with Crippen LogP contribution in [0, 0.1) is 42.4 Å². The number of phenolic OH excluding ortho intramolecular Hbond substituents is 1. The number of aryl methyl sites for hydroxylation is 2. The van der Waals surface area contributed by atoms with Crippen LogP contribution in [0.25, 0.3) is 0 Å². The molecule has 0 bridgehead atoms. The Balaban J connectivity index is 0.000000173. The van der Waals surface area contributed by atoms with E-state index in [-0.39, 0.29) is 10.8 Å². The molecule has 4 fully saturated rings. The summed E-state index contributed by atoms with van der Waals surface area (Å²) in [6.07, 6.45) is 22.5. The normalized spacial score (nSPS) is 19.5. The number of ether oxygens (including phenoxy) is 1. The Morgan fingerprint density at radius 3 is 1.44 bits per heavy atom. The fourth-order valence-electron chi connectivity index (χ4n) is 10.2. The van der Waals surface area contributed by atoms with E-state index in [0.29, 0.717) is 17.6 Å². The van der Waals surface area contributed by atoms with Gasteiger partial charge in [0.25, 0.3) is 0 Å². The van der Waals surface area contributed by atoms with Crippen molar-refractivity contribution in [1.82, 2.24) is 0 Å². The van der Waals surface area contributed by atoms with Crippen LogP contribution < -0.4 is 4.74 Å². The molecule has 0 spiro atoms. The Labute approximate surface area is 361 Å². The molecule has 0 saturated heterocycles. The van der Waals surface area contributed by atoms with Gasteiger partial charge in [0.05, 0.1) is 6.61 Å². The minimum Gasteiger partial charge on any atom is -0.508 e. The van der Waals surface area contributed by atoms with Gasteiger partial charge in [0, 0.05) is 10.8 Å². The van der Waals surface area contributed by atoms with Gasteiger partial charge in [-0.1, -0.05) is 178 Å². The number of hydrogen-bond donors (Lipinski definition) is 1. The molecule has 1 N–H and O–H groups in total. The van der Waals surface area contributed by atoms with E-state index in [9.17, 15) is 5.11 Å². The molecule has 0 aliphatic heterocycles. The third-order valence-corrected chi connectivity index (χ3v) is 15.2. The third-order valence-electron chi connectivity index (χ3n) is 15.2. The monoisotopic (exact) mass is 797 g/mol. The highest BCUT2D eigenvalue weighted by Crippen LogP contribution is 2.47. The molecule has 320 valence electrons. The maximum Gasteiger partial charge on any atom is 0.119 e. The Kier molecular flexibility index (Phi) is 16.3. The van der Waals surface area contributed by atoms with Gasteiger partial charge in [-0.25, -0.2) is 0 Å². The summed E-state index contributed by atoms with van der Waals surface area (Å²) >= 11 is 0. The van der Waals surface area contributed by atoms with Crippen molar-refractivity contribution >= 4 is 0 Å². The molecule has 2 heteroatoms. The summed E-state index contributed by atoms with van der Waals surface area (Å²) in [6, 6.07) is 35.7. The molecular weight excluding hydrogens is 717 g/mol. The van der Waals surface area contributed by atoms with Crippen LogP contribution in [-0.2, 0) is 17.3 Å². The zero-order chi connectivity index (χ0) is 41.8. The molecule has 0 radical (unpaired) electrons. The fourth-order valence-corrected chi connectivity index (χ4v) is 10.2. The van der Waals surface area contributed by atoms with E-state index in [1.165, 1.54) is 143 Å². The van der Waals surface area contributed by atoms with Crippen LogP contribution in [0.5, 0.6) is 11.5 Å². The predicted octanol–water partition coefficient (Wildman–Crippen LogP) is 16.0. The van der Waals surface area contributed by atoms with E-state index in [0.717, 1.165) is 36.0 Å². The zero-order valence-electron chi connectivity index (χ0n) is 38.3. The van der Waals surface area contributed by atoms with Crippen molar-refractivity contribution in [3.05, 3.63) is 130 Å². The zero-order valence-corrected chi connectivity index (χ0v) is 38.3. The number of aromatic hydroxyl groups is 1. The third kappa shape index (κ3) is 12.3. The molecule has 8 rings (SSSR count). The summed E-state index contributed by atoms with van der Waals surface area (Å²) in [4.78, 5) is 0. The number of benzene rings is 4. The standard InChI is InChI=1S/C27H36O.C23H28O.C7H16/c1-20(2)26(22-9-10-22)19-28-25-15-13-24(14-16-25)27(17-5-4-6-18-27)23-11-7-21(3)8-12-23;24-22-14-12-21(13-15-22)23(16-2-1-3-17-23)20-10-8-19(9-11-20)7-6-18-4-5-18;1-5-7(4)6(2)3/h7-8,11-16,20,22,26H,4-6,9-10,17-19H2,1-3H3;8-15,18,24H,1-7,16-17H2;6-7H,5H2,1-4H3. The first-order valence-corrected chi connectivity index (χ1v) is 24.2. The maximum absolute atomic E-state index is 9.65. The van der Waals surface area contributed by atoms with Gasteiger partial charge in [-0.3, -0.25) is 0 Å². The second kappa shape index (κ2) is 21.3. The number of rotatable bonds is 14. The summed E-state index contributed by atoms with van der Waals surface area (Å²) < 4.78 is 6.23. The van der Waals surface area contributed by atoms with Crippen molar-refractivity contribution in [3.8, 4) is 11.5 Å². The SMILES string of the molecule is CCC(C)C(C)C.Cc1ccc(C2(c3ccc(OCC(C(C)C)C4CC4)cc3)CCCCC2)cc1.Oc1ccc(C2(c3ccc(CCC4CC4)cc3)CCCCC2)cc1. The molecule has 4 aromatic rings. The van der Waals surface area contributed by atoms with Gasteiger partial charge in [0.1, 0.15) is 11.5 Å².